The Bertz CT molecular complexity index is 531. The smallest absolute Gasteiger partial charge is 0.224 e. The molecule has 0 spiro atoms. The lowest BCUT2D eigenvalue weighted by Crippen LogP contribution is -2.35. The van der Waals surface area contributed by atoms with Crippen LogP contribution in [0.5, 0.6) is 0 Å². The van der Waals surface area contributed by atoms with Gasteiger partial charge in [-0.3, -0.25) is 9.48 Å². The maximum atomic E-state index is 12.7. The summed E-state index contributed by atoms with van der Waals surface area (Å²) in [6.45, 7) is 6.11. The highest BCUT2D eigenvalue weighted by Gasteiger charge is 2.34. The summed E-state index contributed by atoms with van der Waals surface area (Å²) in [4.78, 5) is 14.8. The lowest BCUT2D eigenvalue weighted by Gasteiger charge is -2.26. The zero-order chi connectivity index (χ0) is 15.0. The molecule has 116 valence electrons. The van der Waals surface area contributed by atoms with Crippen molar-refractivity contribution < 1.29 is 4.79 Å². The molecule has 1 aromatic rings. The molecule has 2 aliphatic heterocycles. The molecule has 0 saturated carbocycles. The van der Waals surface area contributed by atoms with Gasteiger partial charge in [-0.15, -0.1) is 0 Å². The first kappa shape index (κ1) is 14.6. The van der Waals surface area contributed by atoms with Crippen molar-refractivity contribution in [2.24, 2.45) is 7.05 Å². The van der Waals surface area contributed by atoms with Crippen LogP contribution in [-0.2, 0) is 11.8 Å². The number of rotatable bonds is 3. The van der Waals surface area contributed by atoms with Crippen LogP contribution in [0.25, 0.3) is 0 Å². The number of hydrogen-bond acceptors (Lipinski definition) is 3. The van der Waals surface area contributed by atoms with E-state index in [-0.39, 0.29) is 6.04 Å². The fraction of sp³-hybridized carbons (Fsp3) is 0.750. The van der Waals surface area contributed by atoms with Crippen LogP contribution in [0.2, 0.25) is 0 Å². The van der Waals surface area contributed by atoms with E-state index >= 15 is 0 Å². The zero-order valence-electron chi connectivity index (χ0n) is 13.4. The van der Waals surface area contributed by atoms with E-state index in [1.165, 1.54) is 17.7 Å². The number of amides is 1. The van der Waals surface area contributed by atoms with Crippen LogP contribution in [0.15, 0.2) is 0 Å². The van der Waals surface area contributed by atoms with Crippen molar-refractivity contribution in [3.05, 3.63) is 17.0 Å². The van der Waals surface area contributed by atoms with Crippen LogP contribution in [0.1, 0.15) is 55.1 Å². The molecule has 0 radical (unpaired) electrons. The SMILES string of the molecule is Cc1nn(C)c(C)c1C1CCCN1C(=O)CC1CCCN1. The molecule has 2 unspecified atom stereocenters. The average molecular weight is 290 g/mol. The summed E-state index contributed by atoms with van der Waals surface area (Å²) in [5.74, 6) is 0.305. The zero-order valence-corrected chi connectivity index (χ0v) is 13.4. The molecular formula is C16H26N4O. The molecule has 0 aromatic carbocycles. The molecular weight excluding hydrogens is 264 g/mol. The first-order valence-corrected chi connectivity index (χ1v) is 8.11. The largest absolute Gasteiger partial charge is 0.335 e. The van der Waals surface area contributed by atoms with E-state index in [0.29, 0.717) is 18.4 Å². The molecule has 3 heterocycles. The summed E-state index contributed by atoms with van der Waals surface area (Å²) in [7, 11) is 1.98. The van der Waals surface area contributed by atoms with Crippen molar-refractivity contribution >= 4 is 5.91 Å². The number of carbonyl (C=O) groups excluding carboxylic acids is 1. The molecule has 5 heteroatoms. The van der Waals surface area contributed by atoms with Gasteiger partial charge in [0.2, 0.25) is 5.91 Å². The van der Waals surface area contributed by atoms with Crippen LogP contribution < -0.4 is 5.32 Å². The van der Waals surface area contributed by atoms with Crippen molar-refractivity contribution in [2.75, 3.05) is 13.1 Å². The second kappa shape index (κ2) is 5.79. The van der Waals surface area contributed by atoms with Crippen molar-refractivity contribution in [1.82, 2.24) is 20.0 Å². The van der Waals surface area contributed by atoms with Gasteiger partial charge in [0, 0.05) is 37.3 Å². The van der Waals surface area contributed by atoms with E-state index in [2.05, 4.69) is 29.2 Å². The summed E-state index contributed by atoms with van der Waals surface area (Å²) < 4.78 is 1.93. The number of likely N-dealkylation sites (tertiary alicyclic amines) is 1. The van der Waals surface area contributed by atoms with Crippen LogP contribution in [-0.4, -0.2) is 39.7 Å². The van der Waals surface area contributed by atoms with Gasteiger partial charge >= 0.3 is 0 Å². The third-order valence-electron chi connectivity index (χ3n) is 5.05. The van der Waals surface area contributed by atoms with Crippen molar-refractivity contribution in [1.29, 1.82) is 0 Å². The quantitative estimate of drug-likeness (QED) is 0.924. The Balaban J connectivity index is 1.77. The topological polar surface area (TPSA) is 50.2 Å². The van der Waals surface area contributed by atoms with Crippen LogP contribution in [0, 0.1) is 13.8 Å². The van der Waals surface area contributed by atoms with Gasteiger partial charge in [0.1, 0.15) is 0 Å². The molecule has 1 N–H and O–H groups in total. The Labute approximate surface area is 126 Å². The molecule has 3 rings (SSSR count). The minimum absolute atomic E-state index is 0.229. The standard InChI is InChI=1S/C16H26N4O/c1-11-16(12(2)19(3)18-11)14-7-5-9-20(14)15(21)10-13-6-4-8-17-13/h13-14,17H,4-10H2,1-3H3. The third kappa shape index (κ3) is 2.71. The number of nitrogens with zero attached hydrogens (tertiary/aromatic N) is 3. The summed E-state index contributed by atoms with van der Waals surface area (Å²) in [5, 5.41) is 7.95. The highest BCUT2D eigenvalue weighted by molar-refractivity contribution is 5.77. The fourth-order valence-electron chi connectivity index (χ4n) is 3.90. The van der Waals surface area contributed by atoms with Gasteiger partial charge in [-0.05, 0) is 46.1 Å². The van der Waals surface area contributed by atoms with Crippen molar-refractivity contribution in [2.45, 2.75) is 58.0 Å². The van der Waals surface area contributed by atoms with Gasteiger partial charge in [0.15, 0.2) is 0 Å². The Morgan fingerprint density at radius 2 is 2.14 bits per heavy atom. The second-order valence-electron chi connectivity index (χ2n) is 6.45. The molecule has 2 saturated heterocycles. The van der Waals surface area contributed by atoms with E-state index in [9.17, 15) is 4.79 Å². The third-order valence-corrected chi connectivity index (χ3v) is 5.05. The Hall–Kier alpha value is -1.36. The lowest BCUT2D eigenvalue weighted by molar-refractivity contribution is -0.132. The normalized spacial score (nSPS) is 25.8. The molecule has 0 bridgehead atoms. The highest BCUT2D eigenvalue weighted by atomic mass is 16.2. The van der Waals surface area contributed by atoms with Gasteiger partial charge < -0.3 is 10.2 Å². The first-order chi connectivity index (χ1) is 10.1. The Kier molecular flexibility index (Phi) is 4.02. The molecule has 2 fully saturated rings. The summed E-state index contributed by atoms with van der Waals surface area (Å²) in [6.07, 6.45) is 5.14. The number of nitrogens with one attached hydrogen (secondary N) is 1. The van der Waals surface area contributed by atoms with E-state index < -0.39 is 0 Å². The Morgan fingerprint density at radius 3 is 2.76 bits per heavy atom. The molecule has 5 nitrogen and oxygen atoms in total. The minimum atomic E-state index is 0.229. The lowest BCUT2D eigenvalue weighted by atomic mass is 10.0. The van der Waals surface area contributed by atoms with Crippen molar-refractivity contribution in [3.63, 3.8) is 0 Å². The average Bonchev–Trinajstić information content (AvgIpc) is 3.13. The first-order valence-electron chi connectivity index (χ1n) is 8.11. The van der Waals surface area contributed by atoms with Gasteiger partial charge in [-0.1, -0.05) is 0 Å². The molecule has 1 aromatic heterocycles. The van der Waals surface area contributed by atoms with Crippen LogP contribution >= 0.6 is 0 Å². The van der Waals surface area contributed by atoms with Crippen LogP contribution in [0.3, 0.4) is 0 Å². The fourth-order valence-corrected chi connectivity index (χ4v) is 3.90. The van der Waals surface area contributed by atoms with Gasteiger partial charge in [0.05, 0.1) is 11.7 Å². The van der Waals surface area contributed by atoms with E-state index in [1.54, 1.807) is 0 Å². The van der Waals surface area contributed by atoms with Crippen LogP contribution in [0.4, 0.5) is 0 Å². The summed E-state index contributed by atoms with van der Waals surface area (Å²) in [6, 6.07) is 0.613. The molecule has 2 aliphatic rings. The van der Waals surface area contributed by atoms with Gasteiger partial charge in [-0.2, -0.15) is 5.10 Å². The Morgan fingerprint density at radius 1 is 1.33 bits per heavy atom. The van der Waals surface area contributed by atoms with E-state index in [0.717, 1.165) is 38.0 Å². The summed E-state index contributed by atoms with van der Waals surface area (Å²) in [5.41, 5.74) is 3.53. The molecule has 2 atom stereocenters. The number of aromatic nitrogens is 2. The maximum absolute atomic E-state index is 12.7. The molecule has 1 amide bonds. The van der Waals surface area contributed by atoms with Gasteiger partial charge in [0.25, 0.3) is 0 Å². The van der Waals surface area contributed by atoms with E-state index in [1.807, 2.05) is 11.7 Å². The minimum Gasteiger partial charge on any atom is -0.335 e. The summed E-state index contributed by atoms with van der Waals surface area (Å²) >= 11 is 0. The predicted octanol–water partition coefficient (Wildman–Crippen LogP) is 1.84. The second-order valence-corrected chi connectivity index (χ2v) is 6.45. The van der Waals surface area contributed by atoms with Gasteiger partial charge in [-0.25, -0.2) is 0 Å². The predicted molar refractivity (Wildman–Crippen MR) is 82.0 cm³/mol. The monoisotopic (exact) mass is 290 g/mol. The number of aryl methyl sites for hydroxylation is 2. The molecule has 0 aliphatic carbocycles. The highest BCUT2D eigenvalue weighted by Crippen LogP contribution is 2.36. The maximum Gasteiger partial charge on any atom is 0.224 e. The number of carbonyl (C=O) groups is 1. The van der Waals surface area contributed by atoms with Crippen molar-refractivity contribution in [3.8, 4) is 0 Å². The van der Waals surface area contributed by atoms with E-state index in [4.69, 9.17) is 0 Å². The molecule has 21 heavy (non-hydrogen) atoms. The number of hydrogen-bond donors (Lipinski definition) is 1.